The predicted molar refractivity (Wildman–Crippen MR) is 66.7 cm³/mol. The Morgan fingerprint density at radius 3 is 2.94 bits per heavy atom. The van der Waals surface area contributed by atoms with Crippen molar-refractivity contribution in [2.75, 3.05) is 11.9 Å². The van der Waals surface area contributed by atoms with Gasteiger partial charge in [0.2, 0.25) is 0 Å². The summed E-state index contributed by atoms with van der Waals surface area (Å²) in [6.45, 7) is 5.13. The van der Waals surface area contributed by atoms with Gasteiger partial charge in [0.15, 0.2) is 0 Å². The number of fused-ring (bicyclic) bond motifs is 1. The van der Waals surface area contributed by atoms with Gasteiger partial charge in [0, 0.05) is 19.2 Å². The number of unbranched alkanes of at least 4 members (excludes halogenated alkanes) is 1. The molecule has 4 nitrogen and oxygen atoms in total. The van der Waals surface area contributed by atoms with E-state index in [1.165, 1.54) is 6.42 Å². The van der Waals surface area contributed by atoms with E-state index in [0.29, 0.717) is 0 Å². The Morgan fingerprint density at radius 2 is 2.19 bits per heavy atom. The van der Waals surface area contributed by atoms with Gasteiger partial charge in [-0.1, -0.05) is 13.3 Å². The smallest absolute Gasteiger partial charge is 0.143 e. The highest BCUT2D eigenvalue weighted by atomic mass is 15.0. The van der Waals surface area contributed by atoms with Gasteiger partial charge in [-0.3, -0.25) is 0 Å². The van der Waals surface area contributed by atoms with E-state index in [1.54, 1.807) is 0 Å². The molecule has 0 aliphatic carbocycles. The number of aromatic nitrogens is 3. The zero-order valence-electron chi connectivity index (χ0n) is 9.88. The topological polar surface area (TPSA) is 53.6 Å². The fourth-order valence-corrected chi connectivity index (χ4v) is 1.74. The standard InChI is InChI=1S/C12H18N4/c1-3-5-6-10-15-11(13-4-2)9-7-8-14-12(9)16-10/h7-8H,3-6H2,1-2H3,(H2,13,14,15,16). The van der Waals surface area contributed by atoms with Crippen LogP contribution in [0.1, 0.15) is 32.5 Å². The molecule has 0 amide bonds. The van der Waals surface area contributed by atoms with Gasteiger partial charge in [-0.05, 0) is 19.4 Å². The van der Waals surface area contributed by atoms with Crippen molar-refractivity contribution in [1.29, 1.82) is 0 Å². The molecule has 2 aromatic rings. The molecule has 0 radical (unpaired) electrons. The molecule has 0 saturated heterocycles. The highest BCUT2D eigenvalue weighted by Crippen LogP contribution is 2.19. The molecule has 2 heterocycles. The van der Waals surface area contributed by atoms with Crippen LogP contribution in [0.2, 0.25) is 0 Å². The molecule has 0 unspecified atom stereocenters. The minimum absolute atomic E-state index is 0.879. The van der Waals surface area contributed by atoms with Crippen LogP contribution in [0.25, 0.3) is 11.0 Å². The van der Waals surface area contributed by atoms with Crippen LogP contribution in [-0.2, 0) is 6.42 Å². The van der Waals surface area contributed by atoms with Crippen molar-refractivity contribution in [2.24, 2.45) is 0 Å². The molecule has 2 aromatic heterocycles. The molecule has 0 spiro atoms. The lowest BCUT2D eigenvalue weighted by molar-refractivity contribution is 0.756. The number of nitrogens with zero attached hydrogens (tertiary/aromatic N) is 2. The number of hydrogen-bond acceptors (Lipinski definition) is 3. The van der Waals surface area contributed by atoms with Crippen LogP contribution < -0.4 is 5.32 Å². The van der Waals surface area contributed by atoms with Crippen molar-refractivity contribution in [3.8, 4) is 0 Å². The first-order valence-electron chi connectivity index (χ1n) is 5.93. The van der Waals surface area contributed by atoms with Gasteiger partial charge in [-0.15, -0.1) is 0 Å². The Bertz CT molecular complexity index is 461. The first-order chi connectivity index (χ1) is 7.85. The fraction of sp³-hybridized carbons (Fsp3) is 0.500. The van der Waals surface area contributed by atoms with Crippen molar-refractivity contribution in [1.82, 2.24) is 15.0 Å². The summed E-state index contributed by atoms with van der Waals surface area (Å²) in [6, 6.07) is 2.01. The molecule has 16 heavy (non-hydrogen) atoms. The number of hydrogen-bond donors (Lipinski definition) is 2. The van der Waals surface area contributed by atoms with Crippen molar-refractivity contribution >= 4 is 16.9 Å². The summed E-state index contributed by atoms with van der Waals surface area (Å²) in [4.78, 5) is 12.2. The Labute approximate surface area is 95.5 Å². The van der Waals surface area contributed by atoms with Crippen LogP contribution in [0.3, 0.4) is 0 Å². The lowest BCUT2D eigenvalue weighted by Gasteiger charge is -2.06. The maximum absolute atomic E-state index is 4.56. The van der Waals surface area contributed by atoms with Crippen LogP contribution >= 0.6 is 0 Å². The highest BCUT2D eigenvalue weighted by molar-refractivity contribution is 5.86. The molecular weight excluding hydrogens is 200 g/mol. The quantitative estimate of drug-likeness (QED) is 0.811. The van der Waals surface area contributed by atoms with Gasteiger partial charge in [-0.2, -0.15) is 0 Å². The zero-order chi connectivity index (χ0) is 11.4. The van der Waals surface area contributed by atoms with E-state index in [9.17, 15) is 0 Å². The van der Waals surface area contributed by atoms with E-state index in [4.69, 9.17) is 0 Å². The molecule has 0 bridgehead atoms. The van der Waals surface area contributed by atoms with E-state index < -0.39 is 0 Å². The van der Waals surface area contributed by atoms with Crippen molar-refractivity contribution in [3.05, 3.63) is 18.1 Å². The Kier molecular flexibility index (Phi) is 3.39. The van der Waals surface area contributed by atoms with Gasteiger partial charge >= 0.3 is 0 Å². The zero-order valence-corrected chi connectivity index (χ0v) is 9.88. The number of rotatable bonds is 5. The third-order valence-corrected chi connectivity index (χ3v) is 2.56. The lowest BCUT2D eigenvalue weighted by atomic mass is 10.2. The van der Waals surface area contributed by atoms with E-state index in [-0.39, 0.29) is 0 Å². The summed E-state index contributed by atoms with van der Waals surface area (Å²) in [5.41, 5.74) is 0.928. The molecule has 0 saturated carbocycles. The number of anilines is 1. The van der Waals surface area contributed by atoms with Crippen molar-refractivity contribution in [2.45, 2.75) is 33.1 Å². The molecule has 0 aliphatic rings. The molecule has 0 aliphatic heterocycles. The SMILES string of the molecule is CCCCc1nc(NCC)c2cc[nH]c2n1. The number of aryl methyl sites for hydroxylation is 1. The van der Waals surface area contributed by atoms with Gasteiger partial charge in [0.1, 0.15) is 17.3 Å². The summed E-state index contributed by atoms with van der Waals surface area (Å²) in [5.74, 6) is 1.87. The minimum Gasteiger partial charge on any atom is -0.370 e. The first kappa shape index (κ1) is 10.9. The highest BCUT2D eigenvalue weighted by Gasteiger charge is 2.07. The van der Waals surface area contributed by atoms with Crippen LogP contribution in [0.5, 0.6) is 0 Å². The summed E-state index contributed by atoms with van der Waals surface area (Å²) in [6.07, 6.45) is 5.16. The molecule has 0 aromatic carbocycles. The summed E-state index contributed by atoms with van der Waals surface area (Å²) >= 11 is 0. The summed E-state index contributed by atoms with van der Waals surface area (Å²) in [7, 11) is 0. The predicted octanol–water partition coefficient (Wildman–Crippen LogP) is 2.73. The first-order valence-corrected chi connectivity index (χ1v) is 5.93. The monoisotopic (exact) mass is 218 g/mol. The van der Waals surface area contributed by atoms with E-state index >= 15 is 0 Å². The van der Waals surface area contributed by atoms with Crippen LogP contribution in [0, 0.1) is 0 Å². The van der Waals surface area contributed by atoms with Gasteiger partial charge in [0.25, 0.3) is 0 Å². The largest absolute Gasteiger partial charge is 0.370 e. The molecule has 2 N–H and O–H groups in total. The van der Waals surface area contributed by atoms with Crippen LogP contribution in [0.4, 0.5) is 5.82 Å². The van der Waals surface area contributed by atoms with Gasteiger partial charge < -0.3 is 10.3 Å². The second kappa shape index (κ2) is 4.96. The number of aromatic amines is 1. The van der Waals surface area contributed by atoms with E-state index in [2.05, 4.69) is 34.1 Å². The van der Waals surface area contributed by atoms with Crippen LogP contribution in [-0.4, -0.2) is 21.5 Å². The average molecular weight is 218 g/mol. The Hall–Kier alpha value is -1.58. The molecule has 4 heteroatoms. The summed E-state index contributed by atoms with van der Waals surface area (Å²) in [5, 5.41) is 4.35. The fourth-order valence-electron chi connectivity index (χ4n) is 1.74. The van der Waals surface area contributed by atoms with Crippen molar-refractivity contribution in [3.63, 3.8) is 0 Å². The third kappa shape index (κ3) is 2.15. The Balaban J connectivity index is 2.36. The summed E-state index contributed by atoms with van der Waals surface area (Å²) < 4.78 is 0. The second-order valence-corrected chi connectivity index (χ2v) is 3.86. The molecule has 0 atom stereocenters. The Morgan fingerprint density at radius 1 is 1.31 bits per heavy atom. The van der Waals surface area contributed by atoms with E-state index in [0.717, 1.165) is 42.1 Å². The molecular formula is C12H18N4. The van der Waals surface area contributed by atoms with E-state index in [1.807, 2.05) is 12.3 Å². The molecule has 86 valence electrons. The number of H-pyrrole nitrogens is 1. The van der Waals surface area contributed by atoms with Gasteiger partial charge in [0.05, 0.1) is 5.39 Å². The van der Waals surface area contributed by atoms with Gasteiger partial charge in [-0.25, -0.2) is 9.97 Å². The molecule has 2 rings (SSSR count). The molecule has 0 fully saturated rings. The average Bonchev–Trinajstić information content (AvgIpc) is 2.75. The van der Waals surface area contributed by atoms with Crippen LogP contribution in [0.15, 0.2) is 12.3 Å². The lowest BCUT2D eigenvalue weighted by Crippen LogP contribution is -2.04. The minimum atomic E-state index is 0.879. The maximum atomic E-state index is 4.56. The number of nitrogens with one attached hydrogen (secondary N) is 2. The second-order valence-electron chi connectivity index (χ2n) is 3.86. The van der Waals surface area contributed by atoms with Crippen molar-refractivity contribution < 1.29 is 0 Å². The normalized spacial score (nSPS) is 10.9. The third-order valence-electron chi connectivity index (χ3n) is 2.56. The maximum Gasteiger partial charge on any atom is 0.143 e.